The van der Waals surface area contributed by atoms with Gasteiger partial charge in [0.25, 0.3) is 17.2 Å². The highest BCUT2D eigenvalue weighted by molar-refractivity contribution is 9.10. The number of alkyl halides is 5. The first-order valence-electron chi connectivity index (χ1n) is 10.4. The normalized spacial score (nSPS) is 18.0. The van der Waals surface area contributed by atoms with Gasteiger partial charge in [0.05, 0.1) is 17.6 Å². The third-order valence-electron chi connectivity index (χ3n) is 5.65. The summed E-state index contributed by atoms with van der Waals surface area (Å²) in [5, 5.41) is 1.34. The molecule has 2 unspecified atom stereocenters. The smallest absolute Gasteiger partial charge is 0.406 e. The minimum Gasteiger partial charge on any atom is -0.406 e. The molecule has 2 aromatic carbocycles. The summed E-state index contributed by atoms with van der Waals surface area (Å²) in [7, 11) is 0. The van der Waals surface area contributed by atoms with Crippen LogP contribution in [0.4, 0.5) is 27.0 Å². The van der Waals surface area contributed by atoms with Crippen LogP contribution in [0.2, 0.25) is 0 Å². The highest BCUT2D eigenvalue weighted by Gasteiger charge is 2.42. The van der Waals surface area contributed by atoms with E-state index in [-0.39, 0.29) is 25.9 Å². The summed E-state index contributed by atoms with van der Waals surface area (Å²) in [5.41, 5.74) is 0.582. The summed E-state index contributed by atoms with van der Waals surface area (Å²) in [5.74, 6) is -3.28. The quantitative estimate of drug-likeness (QED) is 0.239. The Morgan fingerprint density at radius 2 is 1.89 bits per heavy atom. The third-order valence-corrected chi connectivity index (χ3v) is 8.74. The summed E-state index contributed by atoms with van der Waals surface area (Å²) in [6.45, 7) is -0.468. The molecule has 2 heterocycles. The maximum atomic E-state index is 14.0. The topological polar surface area (TPSA) is 53.0 Å². The zero-order valence-corrected chi connectivity index (χ0v) is 21.2. The Bertz CT molecular complexity index is 1210. The first kappa shape index (κ1) is 26.3. The van der Waals surface area contributed by atoms with Gasteiger partial charge in [-0.2, -0.15) is 0 Å². The van der Waals surface area contributed by atoms with E-state index in [0.29, 0.717) is 15.0 Å². The summed E-state index contributed by atoms with van der Waals surface area (Å²) in [6.07, 6.45) is -4.98. The molecule has 1 N–H and O–H groups in total. The van der Waals surface area contributed by atoms with Crippen LogP contribution < -0.4 is 9.04 Å². The van der Waals surface area contributed by atoms with E-state index < -0.39 is 41.9 Å². The number of hydrogen-bond donors (Lipinski definition) is 1. The highest BCUT2D eigenvalue weighted by Crippen LogP contribution is 2.43. The summed E-state index contributed by atoms with van der Waals surface area (Å²) in [4.78, 5) is 1.56. The molecular weight excluding hydrogens is 579 g/mol. The van der Waals surface area contributed by atoms with Crippen molar-refractivity contribution in [1.82, 2.24) is 4.90 Å². The van der Waals surface area contributed by atoms with Gasteiger partial charge in [-0.15, -0.1) is 24.5 Å². The van der Waals surface area contributed by atoms with Crippen LogP contribution in [0, 0.1) is 0 Å². The molecular formula is C22H20BrF5N2O3S2. The number of benzene rings is 2. The number of anilines is 1. The zero-order valence-electron chi connectivity index (χ0n) is 18.0. The van der Waals surface area contributed by atoms with Gasteiger partial charge in [-0.1, -0.05) is 30.3 Å². The Balaban J connectivity index is 1.61. The number of hydrogen-bond acceptors (Lipinski definition) is 4. The predicted molar refractivity (Wildman–Crippen MR) is 129 cm³/mol. The molecule has 4 rings (SSSR count). The van der Waals surface area contributed by atoms with Crippen molar-refractivity contribution in [3.63, 3.8) is 0 Å². The molecule has 0 spiro atoms. The number of thiophene rings is 1. The van der Waals surface area contributed by atoms with Crippen LogP contribution in [0.1, 0.15) is 12.0 Å². The van der Waals surface area contributed by atoms with E-state index in [1.807, 2.05) is 24.3 Å². The van der Waals surface area contributed by atoms with Gasteiger partial charge in [0.15, 0.2) is 0 Å². The zero-order chi connectivity index (χ0) is 25.4. The van der Waals surface area contributed by atoms with Crippen LogP contribution in [0.5, 0.6) is 5.75 Å². The minimum atomic E-state index is -4.82. The minimum absolute atomic E-state index is 0.0502. The Morgan fingerprint density at radius 3 is 2.46 bits per heavy atom. The van der Waals surface area contributed by atoms with Gasteiger partial charge in [0.2, 0.25) is 0 Å². The van der Waals surface area contributed by atoms with Crippen LogP contribution in [-0.2, 0) is 17.7 Å². The van der Waals surface area contributed by atoms with Gasteiger partial charge in [-0.3, -0.25) is 13.8 Å². The molecule has 0 bridgehead atoms. The Hall–Kier alpha value is -1.80. The average molecular weight is 599 g/mol. The fraction of sp³-hybridized carbons (Fsp3) is 0.364. The molecule has 0 aliphatic carbocycles. The van der Waals surface area contributed by atoms with E-state index in [1.165, 1.54) is 27.8 Å². The average Bonchev–Trinajstić information content (AvgIpc) is 3.30. The van der Waals surface area contributed by atoms with Crippen LogP contribution in [0.15, 0.2) is 53.0 Å². The third kappa shape index (κ3) is 6.50. The van der Waals surface area contributed by atoms with E-state index in [9.17, 15) is 30.7 Å². The monoisotopic (exact) mass is 598 g/mol. The second-order valence-electron chi connectivity index (χ2n) is 8.14. The van der Waals surface area contributed by atoms with Crippen molar-refractivity contribution >= 4 is 53.6 Å². The maximum Gasteiger partial charge on any atom is 0.573 e. The standard InChI is InChI=1S/C22H20BrF5N2O3S2/c23-19-17-3-1-2-4-18(17)34-20(19)30(35(31)32)12-15(29-10-9-21(24,25)13-29)11-14-5-7-16(8-6-14)33-22(26,27)28/h1-8,15H,9-13H2,(H,31,32). The molecule has 35 heavy (non-hydrogen) atoms. The van der Waals surface area contributed by atoms with E-state index in [2.05, 4.69) is 20.7 Å². The lowest BCUT2D eigenvalue weighted by Gasteiger charge is -2.32. The summed E-state index contributed by atoms with van der Waals surface area (Å²) in [6, 6.07) is 12.0. The van der Waals surface area contributed by atoms with Gasteiger partial charge in [0.1, 0.15) is 10.8 Å². The van der Waals surface area contributed by atoms with E-state index in [1.54, 1.807) is 4.90 Å². The lowest BCUT2D eigenvalue weighted by atomic mass is 10.0. The number of rotatable bonds is 8. The van der Waals surface area contributed by atoms with Crippen LogP contribution in [-0.4, -0.2) is 51.6 Å². The van der Waals surface area contributed by atoms with E-state index in [0.717, 1.165) is 22.2 Å². The molecule has 190 valence electrons. The molecule has 1 fully saturated rings. The molecule has 2 atom stereocenters. The number of nitrogens with zero attached hydrogens (tertiary/aromatic N) is 2. The second-order valence-corrected chi connectivity index (χ2v) is 10.9. The van der Waals surface area contributed by atoms with Crippen molar-refractivity contribution in [2.75, 3.05) is 23.9 Å². The number of likely N-dealkylation sites (tertiary alicyclic amines) is 1. The van der Waals surface area contributed by atoms with Crippen molar-refractivity contribution in [2.45, 2.75) is 31.2 Å². The number of ether oxygens (including phenoxy) is 1. The van der Waals surface area contributed by atoms with Crippen molar-refractivity contribution in [3.8, 4) is 5.75 Å². The summed E-state index contributed by atoms with van der Waals surface area (Å²) < 4.78 is 94.6. The highest BCUT2D eigenvalue weighted by atomic mass is 79.9. The molecule has 1 aliphatic rings. The lowest BCUT2D eigenvalue weighted by molar-refractivity contribution is -0.274. The molecule has 1 aromatic heterocycles. The van der Waals surface area contributed by atoms with Crippen LogP contribution in [0.3, 0.4) is 0 Å². The molecule has 0 amide bonds. The molecule has 3 aromatic rings. The van der Waals surface area contributed by atoms with Crippen LogP contribution >= 0.6 is 27.3 Å². The first-order valence-corrected chi connectivity index (χ1v) is 13.1. The Labute approximate surface area is 213 Å². The fourth-order valence-corrected chi connectivity index (χ4v) is 6.95. The number of fused-ring (bicyclic) bond motifs is 1. The van der Waals surface area contributed by atoms with E-state index in [4.69, 9.17) is 0 Å². The summed E-state index contributed by atoms with van der Waals surface area (Å²) >= 11 is 2.34. The van der Waals surface area contributed by atoms with Crippen molar-refractivity contribution in [1.29, 1.82) is 0 Å². The van der Waals surface area contributed by atoms with Crippen molar-refractivity contribution < 1.29 is 35.5 Å². The van der Waals surface area contributed by atoms with Crippen LogP contribution in [0.25, 0.3) is 10.1 Å². The first-order chi connectivity index (χ1) is 16.4. The van der Waals surface area contributed by atoms with E-state index >= 15 is 0 Å². The van der Waals surface area contributed by atoms with Gasteiger partial charge in [-0.25, -0.2) is 13.0 Å². The largest absolute Gasteiger partial charge is 0.573 e. The molecule has 1 saturated heterocycles. The second kappa shape index (κ2) is 10.3. The SMILES string of the molecule is O=S(O)N(CC(Cc1ccc(OC(F)(F)F)cc1)N1CCC(F)(F)C1)c1sc2ccccc2c1Br. The molecule has 0 saturated carbocycles. The number of halogens is 6. The van der Waals surface area contributed by atoms with Crippen molar-refractivity contribution in [3.05, 3.63) is 58.6 Å². The van der Waals surface area contributed by atoms with Gasteiger partial charge in [0, 0.05) is 29.1 Å². The lowest BCUT2D eigenvalue weighted by Crippen LogP contribution is -2.45. The van der Waals surface area contributed by atoms with Crippen molar-refractivity contribution in [2.24, 2.45) is 0 Å². The fourth-order valence-electron chi connectivity index (χ4n) is 4.05. The Morgan fingerprint density at radius 1 is 1.20 bits per heavy atom. The molecule has 5 nitrogen and oxygen atoms in total. The predicted octanol–water partition coefficient (Wildman–Crippen LogP) is 6.46. The molecule has 13 heteroatoms. The van der Waals surface area contributed by atoms with Gasteiger partial charge < -0.3 is 4.74 Å². The maximum absolute atomic E-state index is 14.0. The molecule has 1 aliphatic heterocycles. The van der Waals surface area contributed by atoms with Gasteiger partial charge in [-0.05, 0) is 46.1 Å². The molecule has 0 radical (unpaired) electrons. The van der Waals surface area contributed by atoms with Gasteiger partial charge >= 0.3 is 6.36 Å². The Kier molecular flexibility index (Phi) is 7.72.